The van der Waals surface area contributed by atoms with Crippen molar-refractivity contribution < 1.29 is 4.79 Å². The summed E-state index contributed by atoms with van der Waals surface area (Å²) in [6.45, 7) is 0. The molecule has 0 saturated carbocycles. The summed E-state index contributed by atoms with van der Waals surface area (Å²) in [7, 11) is 0. The lowest BCUT2D eigenvalue weighted by molar-refractivity contribution is -0.123. The Kier molecular flexibility index (Phi) is 4.54. The Hall–Kier alpha value is -1.01. The number of carbonyl (C=O) groups excluding carboxylic acids is 1. The largest absolute Gasteiger partial charge is 0.348 e. The second-order valence-electron chi connectivity index (χ2n) is 4.87. The summed E-state index contributed by atoms with van der Waals surface area (Å²) in [6, 6.07) is 9.00. The van der Waals surface area contributed by atoms with Crippen LogP contribution in [0.15, 0.2) is 40.6 Å². The number of fused-ring (bicyclic) bond motifs is 1. The van der Waals surface area contributed by atoms with Crippen LogP contribution in [0.3, 0.4) is 0 Å². The number of rotatable bonds is 3. The van der Waals surface area contributed by atoms with Crippen molar-refractivity contribution in [3.63, 3.8) is 0 Å². The molecule has 1 amide bonds. The molecule has 6 heteroatoms. The van der Waals surface area contributed by atoms with Crippen molar-refractivity contribution in [2.45, 2.75) is 23.4 Å². The summed E-state index contributed by atoms with van der Waals surface area (Å²) < 4.78 is 0. The molecule has 1 aliphatic rings. The smallest absolute Gasteiger partial charge is 0.242 e. The number of carbonyl (C=O) groups is 1. The van der Waals surface area contributed by atoms with Gasteiger partial charge in [-0.05, 0) is 41.6 Å². The predicted octanol–water partition coefficient (Wildman–Crippen LogP) is 3.75. The first-order chi connectivity index (χ1) is 10.1. The Bertz CT molecular complexity index is 645. The lowest BCUT2D eigenvalue weighted by Gasteiger charge is -2.27. The van der Waals surface area contributed by atoms with E-state index in [0.29, 0.717) is 5.02 Å². The van der Waals surface area contributed by atoms with E-state index in [-0.39, 0.29) is 11.9 Å². The topological polar surface area (TPSA) is 55.1 Å². The first-order valence-electron chi connectivity index (χ1n) is 6.67. The number of thioether (sulfide) groups is 1. The van der Waals surface area contributed by atoms with Crippen LogP contribution in [-0.4, -0.2) is 11.7 Å². The fourth-order valence-corrected chi connectivity index (χ4v) is 4.39. The van der Waals surface area contributed by atoms with Gasteiger partial charge in [0, 0.05) is 20.5 Å². The third-order valence-corrected chi connectivity index (χ3v) is 5.77. The van der Waals surface area contributed by atoms with E-state index in [1.165, 1.54) is 16.2 Å². The second kappa shape index (κ2) is 6.40. The molecule has 3 N–H and O–H groups in total. The number of amides is 1. The van der Waals surface area contributed by atoms with Crippen molar-refractivity contribution in [3.8, 4) is 0 Å². The molecule has 0 aliphatic carbocycles. The maximum absolute atomic E-state index is 12.3. The van der Waals surface area contributed by atoms with Crippen molar-refractivity contribution in [1.82, 2.24) is 5.32 Å². The molecular weight excluding hydrogens is 324 g/mol. The average molecular weight is 339 g/mol. The van der Waals surface area contributed by atoms with Crippen LogP contribution in [0.2, 0.25) is 5.02 Å². The van der Waals surface area contributed by atoms with Crippen molar-refractivity contribution in [3.05, 3.63) is 51.2 Å². The summed E-state index contributed by atoms with van der Waals surface area (Å²) in [5, 5.41) is 5.68. The van der Waals surface area contributed by atoms with Crippen LogP contribution in [0.25, 0.3) is 0 Å². The van der Waals surface area contributed by atoms with E-state index in [0.717, 1.165) is 22.6 Å². The normalized spacial score (nSPS) is 18.9. The quantitative estimate of drug-likeness (QED) is 0.896. The molecule has 0 spiro atoms. The highest BCUT2D eigenvalue weighted by molar-refractivity contribution is 7.99. The highest BCUT2D eigenvalue weighted by atomic mass is 35.5. The van der Waals surface area contributed by atoms with Gasteiger partial charge >= 0.3 is 0 Å². The molecule has 2 unspecified atom stereocenters. The van der Waals surface area contributed by atoms with Gasteiger partial charge in [0.05, 0.1) is 6.04 Å². The SMILES string of the molecule is NC(C(=O)NC1CCSc2ccc(Cl)cc21)c1cccs1. The van der Waals surface area contributed by atoms with E-state index in [1.54, 1.807) is 11.8 Å². The predicted molar refractivity (Wildman–Crippen MR) is 88.9 cm³/mol. The van der Waals surface area contributed by atoms with E-state index >= 15 is 0 Å². The first kappa shape index (κ1) is 14.9. The van der Waals surface area contributed by atoms with Crippen molar-refractivity contribution >= 4 is 40.6 Å². The van der Waals surface area contributed by atoms with Crippen LogP contribution in [0, 0.1) is 0 Å². The van der Waals surface area contributed by atoms with Crippen LogP contribution < -0.4 is 11.1 Å². The first-order valence-corrected chi connectivity index (χ1v) is 8.91. The molecule has 2 aromatic rings. The van der Waals surface area contributed by atoms with Crippen LogP contribution in [0.4, 0.5) is 0 Å². The molecule has 1 aromatic carbocycles. The second-order valence-corrected chi connectivity index (χ2v) is 7.43. The molecule has 0 saturated heterocycles. The Morgan fingerprint density at radius 3 is 3.05 bits per heavy atom. The number of hydrogen-bond donors (Lipinski definition) is 2. The van der Waals surface area contributed by atoms with E-state index in [2.05, 4.69) is 5.32 Å². The van der Waals surface area contributed by atoms with Gasteiger partial charge in [-0.15, -0.1) is 23.1 Å². The number of nitrogens with two attached hydrogens (primary N) is 1. The number of hydrogen-bond acceptors (Lipinski definition) is 4. The lowest BCUT2D eigenvalue weighted by atomic mass is 10.0. The van der Waals surface area contributed by atoms with Crippen LogP contribution >= 0.6 is 34.7 Å². The van der Waals surface area contributed by atoms with Crippen LogP contribution in [0.1, 0.15) is 28.9 Å². The Labute approximate surface area is 136 Å². The minimum atomic E-state index is -0.609. The minimum Gasteiger partial charge on any atom is -0.348 e. The third-order valence-electron chi connectivity index (χ3n) is 3.46. The number of nitrogens with one attached hydrogen (secondary N) is 1. The summed E-state index contributed by atoms with van der Waals surface area (Å²) in [6.07, 6.45) is 0.890. The van der Waals surface area contributed by atoms with E-state index in [9.17, 15) is 4.79 Å². The molecule has 0 radical (unpaired) electrons. The summed E-state index contributed by atoms with van der Waals surface area (Å²) >= 11 is 9.37. The summed E-state index contributed by atoms with van der Waals surface area (Å²) in [5.41, 5.74) is 7.11. The monoisotopic (exact) mass is 338 g/mol. The van der Waals surface area contributed by atoms with Gasteiger partial charge in [-0.1, -0.05) is 17.7 Å². The molecule has 1 aromatic heterocycles. The van der Waals surface area contributed by atoms with Gasteiger partial charge in [0.1, 0.15) is 6.04 Å². The zero-order chi connectivity index (χ0) is 14.8. The van der Waals surface area contributed by atoms with Crippen molar-refractivity contribution in [2.75, 3.05) is 5.75 Å². The van der Waals surface area contributed by atoms with Gasteiger partial charge in [0.15, 0.2) is 0 Å². The highest BCUT2D eigenvalue weighted by Crippen LogP contribution is 2.37. The van der Waals surface area contributed by atoms with Crippen molar-refractivity contribution in [2.24, 2.45) is 5.73 Å². The number of thiophene rings is 1. The van der Waals surface area contributed by atoms with Gasteiger partial charge in [0.2, 0.25) is 5.91 Å². The zero-order valence-corrected chi connectivity index (χ0v) is 13.6. The van der Waals surface area contributed by atoms with E-state index in [4.69, 9.17) is 17.3 Å². The fraction of sp³-hybridized carbons (Fsp3) is 0.267. The summed E-state index contributed by atoms with van der Waals surface area (Å²) in [4.78, 5) is 14.4. The highest BCUT2D eigenvalue weighted by Gasteiger charge is 2.25. The average Bonchev–Trinajstić information content (AvgIpc) is 3.01. The van der Waals surface area contributed by atoms with Gasteiger partial charge in [0.25, 0.3) is 0 Å². The molecular formula is C15H15ClN2OS2. The molecule has 3 rings (SSSR count). The molecule has 0 fully saturated rings. The molecule has 21 heavy (non-hydrogen) atoms. The van der Waals surface area contributed by atoms with Gasteiger partial charge in [-0.3, -0.25) is 4.79 Å². The minimum absolute atomic E-state index is 0.0153. The molecule has 3 nitrogen and oxygen atoms in total. The van der Waals surface area contributed by atoms with E-state index < -0.39 is 6.04 Å². The number of halogens is 1. The fourth-order valence-electron chi connectivity index (χ4n) is 2.37. The standard InChI is InChI=1S/C15H15ClN2OS2/c16-9-3-4-12-10(8-9)11(5-7-21-12)18-15(19)14(17)13-2-1-6-20-13/h1-4,6,8,11,14H,5,7,17H2,(H,18,19). The Balaban J connectivity index is 1.77. The lowest BCUT2D eigenvalue weighted by Crippen LogP contribution is -2.37. The molecule has 110 valence electrons. The van der Waals surface area contributed by atoms with Crippen LogP contribution in [-0.2, 0) is 4.79 Å². The van der Waals surface area contributed by atoms with Crippen LogP contribution in [0.5, 0.6) is 0 Å². The van der Waals surface area contributed by atoms with Crippen molar-refractivity contribution in [1.29, 1.82) is 0 Å². The molecule has 2 heterocycles. The number of benzene rings is 1. The zero-order valence-electron chi connectivity index (χ0n) is 11.2. The maximum Gasteiger partial charge on any atom is 0.242 e. The third kappa shape index (κ3) is 3.26. The van der Waals surface area contributed by atoms with Gasteiger partial charge in [-0.2, -0.15) is 0 Å². The summed E-state index contributed by atoms with van der Waals surface area (Å²) in [5.74, 6) is 0.841. The Morgan fingerprint density at radius 1 is 1.43 bits per heavy atom. The van der Waals surface area contributed by atoms with Gasteiger partial charge < -0.3 is 11.1 Å². The molecule has 2 atom stereocenters. The molecule has 0 bridgehead atoms. The maximum atomic E-state index is 12.3. The molecule has 1 aliphatic heterocycles. The van der Waals surface area contributed by atoms with Gasteiger partial charge in [-0.25, -0.2) is 0 Å². The Morgan fingerprint density at radius 2 is 2.29 bits per heavy atom. The van der Waals surface area contributed by atoms with E-state index in [1.807, 2.05) is 35.7 Å².